The molecule has 24 heavy (non-hydrogen) atoms. The Hall–Kier alpha value is -2.57. The standard InChI is InChI=1S/C17H19N3O4/c21-15-14-7-3-4-10-19(14)17(23)20(15)24-16(22)18-13-9-8-11-5-1-2-6-12(11)13/h1-2,5-6,13-14H,3-4,7-10H2,(H,18,22)/t13?,14-/m0/s1. The molecule has 3 aliphatic rings. The summed E-state index contributed by atoms with van der Waals surface area (Å²) in [5.74, 6) is -0.443. The van der Waals surface area contributed by atoms with Gasteiger partial charge in [-0.05, 0) is 43.2 Å². The van der Waals surface area contributed by atoms with Crippen LogP contribution in [0.4, 0.5) is 9.59 Å². The van der Waals surface area contributed by atoms with Gasteiger partial charge in [-0.2, -0.15) is 0 Å². The molecule has 0 saturated carbocycles. The predicted molar refractivity (Wildman–Crippen MR) is 83.7 cm³/mol. The summed E-state index contributed by atoms with van der Waals surface area (Å²) in [4.78, 5) is 43.2. The van der Waals surface area contributed by atoms with Crippen molar-refractivity contribution in [1.82, 2.24) is 15.3 Å². The first-order valence-electron chi connectivity index (χ1n) is 8.36. The van der Waals surface area contributed by atoms with E-state index in [0.29, 0.717) is 18.0 Å². The lowest BCUT2D eigenvalue weighted by atomic mass is 10.0. The van der Waals surface area contributed by atoms with Gasteiger partial charge in [-0.25, -0.2) is 9.59 Å². The summed E-state index contributed by atoms with van der Waals surface area (Å²) in [5, 5.41) is 3.38. The molecule has 1 aromatic rings. The van der Waals surface area contributed by atoms with Crippen LogP contribution in [0.2, 0.25) is 0 Å². The lowest BCUT2D eigenvalue weighted by Gasteiger charge is -2.25. The van der Waals surface area contributed by atoms with E-state index in [9.17, 15) is 14.4 Å². The molecule has 0 bridgehead atoms. The van der Waals surface area contributed by atoms with Crippen LogP contribution in [0.25, 0.3) is 0 Å². The lowest BCUT2D eigenvalue weighted by molar-refractivity contribution is -0.150. The number of hydrogen-bond donors (Lipinski definition) is 1. The molecule has 4 rings (SSSR count). The Bertz CT molecular complexity index is 681. The summed E-state index contributed by atoms with van der Waals surface area (Å²) in [7, 11) is 0. The van der Waals surface area contributed by atoms with E-state index in [0.717, 1.165) is 31.2 Å². The molecule has 2 saturated heterocycles. The predicted octanol–water partition coefficient (Wildman–Crippen LogP) is 2.13. The monoisotopic (exact) mass is 329 g/mol. The Balaban J connectivity index is 1.42. The maximum Gasteiger partial charge on any atom is 0.432 e. The molecule has 7 nitrogen and oxygen atoms in total. The minimum Gasteiger partial charge on any atom is -0.313 e. The number of rotatable bonds is 2. The molecule has 0 radical (unpaired) electrons. The van der Waals surface area contributed by atoms with Crippen molar-refractivity contribution in [3.8, 4) is 0 Å². The highest BCUT2D eigenvalue weighted by Gasteiger charge is 2.48. The van der Waals surface area contributed by atoms with Crippen molar-refractivity contribution >= 4 is 18.0 Å². The van der Waals surface area contributed by atoms with Gasteiger partial charge in [0, 0.05) is 6.54 Å². The molecule has 1 unspecified atom stereocenters. The molecular formula is C17H19N3O4. The Labute approximate surface area is 139 Å². The number of amides is 4. The fourth-order valence-corrected chi connectivity index (χ4v) is 3.81. The van der Waals surface area contributed by atoms with Gasteiger partial charge in [0.1, 0.15) is 6.04 Å². The number of nitrogens with one attached hydrogen (secondary N) is 1. The fraction of sp³-hybridized carbons (Fsp3) is 0.471. The molecule has 2 heterocycles. The third-order valence-electron chi connectivity index (χ3n) is 5.01. The van der Waals surface area contributed by atoms with Gasteiger partial charge in [0.2, 0.25) is 0 Å². The maximum atomic E-state index is 12.3. The van der Waals surface area contributed by atoms with Gasteiger partial charge in [0.25, 0.3) is 5.91 Å². The average molecular weight is 329 g/mol. The zero-order valence-corrected chi connectivity index (χ0v) is 13.2. The number of carbonyl (C=O) groups excluding carboxylic acids is 3. The van der Waals surface area contributed by atoms with E-state index in [4.69, 9.17) is 4.84 Å². The third kappa shape index (κ3) is 2.40. The average Bonchev–Trinajstić information content (AvgIpc) is 3.11. The van der Waals surface area contributed by atoms with Crippen molar-refractivity contribution in [3.63, 3.8) is 0 Å². The van der Waals surface area contributed by atoms with Crippen LogP contribution in [0, 0.1) is 0 Å². The number of nitrogens with zero attached hydrogens (tertiary/aromatic N) is 2. The smallest absolute Gasteiger partial charge is 0.313 e. The molecule has 1 aromatic carbocycles. The van der Waals surface area contributed by atoms with E-state index in [1.54, 1.807) is 0 Å². The van der Waals surface area contributed by atoms with Crippen LogP contribution in [0.1, 0.15) is 42.9 Å². The first-order valence-corrected chi connectivity index (χ1v) is 8.36. The molecule has 2 aliphatic heterocycles. The largest absolute Gasteiger partial charge is 0.432 e. The lowest BCUT2D eigenvalue weighted by Crippen LogP contribution is -2.40. The summed E-state index contributed by atoms with van der Waals surface area (Å²) < 4.78 is 0. The third-order valence-corrected chi connectivity index (χ3v) is 5.01. The van der Waals surface area contributed by atoms with Crippen LogP contribution >= 0.6 is 0 Å². The van der Waals surface area contributed by atoms with Crippen molar-refractivity contribution < 1.29 is 19.2 Å². The van der Waals surface area contributed by atoms with Crippen LogP contribution in [-0.4, -0.2) is 40.6 Å². The van der Waals surface area contributed by atoms with Gasteiger partial charge in [0.05, 0.1) is 6.04 Å². The van der Waals surface area contributed by atoms with Crippen LogP contribution in [0.15, 0.2) is 24.3 Å². The van der Waals surface area contributed by atoms with E-state index in [-0.39, 0.29) is 6.04 Å². The molecule has 4 amide bonds. The van der Waals surface area contributed by atoms with Crippen molar-refractivity contribution in [2.24, 2.45) is 0 Å². The van der Waals surface area contributed by atoms with E-state index in [1.165, 1.54) is 10.5 Å². The highest BCUT2D eigenvalue weighted by molar-refractivity contribution is 6.03. The molecule has 1 aliphatic carbocycles. The number of hydrogen-bond acceptors (Lipinski definition) is 4. The van der Waals surface area contributed by atoms with E-state index in [2.05, 4.69) is 5.32 Å². The Morgan fingerprint density at radius 3 is 2.83 bits per heavy atom. The van der Waals surface area contributed by atoms with Gasteiger partial charge < -0.3 is 15.1 Å². The molecule has 2 atom stereocenters. The second-order valence-electron chi connectivity index (χ2n) is 6.43. The van der Waals surface area contributed by atoms with Crippen molar-refractivity contribution in [2.45, 2.75) is 44.2 Å². The number of hydroxylamine groups is 2. The van der Waals surface area contributed by atoms with Gasteiger partial charge in [-0.3, -0.25) is 4.79 Å². The number of fused-ring (bicyclic) bond motifs is 2. The minimum atomic E-state index is -0.766. The summed E-state index contributed by atoms with van der Waals surface area (Å²) in [5.41, 5.74) is 2.26. The number of carbonyl (C=O) groups is 3. The van der Waals surface area contributed by atoms with Crippen LogP contribution in [-0.2, 0) is 16.1 Å². The first kappa shape index (κ1) is 15.0. The molecule has 0 aromatic heterocycles. The number of benzene rings is 1. The molecule has 126 valence electrons. The summed E-state index contributed by atoms with van der Waals surface area (Å²) in [6, 6.07) is 6.74. The van der Waals surface area contributed by atoms with Crippen molar-refractivity contribution in [2.75, 3.05) is 6.54 Å². The quantitative estimate of drug-likeness (QED) is 0.843. The van der Waals surface area contributed by atoms with Crippen LogP contribution in [0.5, 0.6) is 0 Å². The maximum absolute atomic E-state index is 12.3. The first-order chi connectivity index (χ1) is 11.6. The molecular weight excluding hydrogens is 310 g/mol. The molecule has 2 fully saturated rings. The van der Waals surface area contributed by atoms with Crippen molar-refractivity contribution in [1.29, 1.82) is 0 Å². The summed E-state index contributed by atoms with van der Waals surface area (Å²) in [6.45, 7) is 0.534. The van der Waals surface area contributed by atoms with Gasteiger partial charge in [-0.15, -0.1) is 0 Å². The number of imide groups is 1. The second-order valence-corrected chi connectivity index (χ2v) is 6.43. The second kappa shape index (κ2) is 5.81. The fourth-order valence-electron chi connectivity index (χ4n) is 3.81. The zero-order valence-electron chi connectivity index (χ0n) is 13.2. The van der Waals surface area contributed by atoms with Crippen molar-refractivity contribution in [3.05, 3.63) is 35.4 Å². The number of urea groups is 1. The van der Waals surface area contributed by atoms with Gasteiger partial charge in [0.15, 0.2) is 0 Å². The Kier molecular flexibility index (Phi) is 3.63. The van der Waals surface area contributed by atoms with Gasteiger partial charge >= 0.3 is 12.1 Å². The summed E-state index contributed by atoms with van der Waals surface area (Å²) in [6.07, 6.45) is 3.30. The van der Waals surface area contributed by atoms with E-state index in [1.807, 2.05) is 24.3 Å². The normalized spacial score (nSPS) is 25.5. The van der Waals surface area contributed by atoms with Crippen LogP contribution in [0.3, 0.4) is 0 Å². The highest BCUT2D eigenvalue weighted by Crippen LogP contribution is 2.31. The minimum absolute atomic E-state index is 0.149. The number of piperidine rings is 1. The number of aryl methyl sites for hydroxylation is 1. The highest BCUT2D eigenvalue weighted by atomic mass is 16.7. The Morgan fingerprint density at radius 1 is 1.17 bits per heavy atom. The zero-order chi connectivity index (χ0) is 16.7. The summed E-state index contributed by atoms with van der Waals surface area (Å²) >= 11 is 0. The molecule has 1 N–H and O–H groups in total. The van der Waals surface area contributed by atoms with E-state index < -0.39 is 24.1 Å². The topological polar surface area (TPSA) is 79.0 Å². The van der Waals surface area contributed by atoms with E-state index >= 15 is 0 Å². The van der Waals surface area contributed by atoms with Crippen LogP contribution < -0.4 is 5.32 Å². The van der Waals surface area contributed by atoms with Gasteiger partial charge in [-0.1, -0.05) is 29.3 Å². The Morgan fingerprint density at radius 2 is 2.00 bits per heavy atom. The molecule has 0 spiro atoms. The SMILES string of the molecule is O=C(NC1CCc2ccccc21)ON1C(=O)[C@@H]2CCCCN2C1=O. The molecule has 7 heteroatoms.